The van der Waals surface area contributed by atoms with Gasteiger partial charge in [0.2, 0.25) is 0 Å². The van der Waals surface area contributed by atoms with E-state index in [1.54, 1.807) is 36.0 Å². The van der Waals surface area contributed by atoms with E-state index in [1.807, 2.05) is 0 Å². The molecule has 0 bridgehead atoms. The topological polar surface area (TPSA) is 73.2 Å². The number of aryl methyl sites for hydroxylation is 1. The summed E-state index contributed by atoms with van der Waals surface area (Å²) in [5.74, 6) is 0.433. The number of anilines is 1. The Bertz CT molecular complexity index is 782. The molecule has 22 heavy (non-hydrogen) atoms. The predicted octanol–water partition coefficient (Wildman–Crippen LogP) is 2.61. The molecule has 1 aromatic heterocycles. The van der Waals surface area contributed by atoms with Gasteiger partial charge in [-0.1, -0.05) is 11.6 Å². The Morgan fingerprint density at radius 2 is 2.23 bits per heavy atom. The molecule has 8 heteroatoms. The number of hydrogen-bond acceptors (Lipinski definition) is 4. The molecule has 0 amide bonds. The molecule has 118 valence electrons. The first kappa shape index (κ1) is 15.3. The van der Waals surface area contributed by atoms with Crippen LogP contribution in [-0.4, -0.2) is 31.4 Å². The molecule has 0 spiro atoms. The number of nitrogens with zero attached hydrogens (tertiary/aromatic N) is 2. The Morgan fingerprint density at radius 1 is 1.41 bits per heavy atom. The Labute approximate surface area is 134 Å². The molecular weight excluding hydrogens is 326 g/mol. The number of ether oxygens (including phenoxy) is 1. The molecule has 2 aromatic rings. The van der Waals surface area contributed by atoms with Crippen LogP contribution in [0.5, 0.6) is 0 Å². The van der Waals surface area contributed by atoms with Gasteiger partial charge in [0, 0.05) is 17.7 Å². The van der Waals surface area contributed by atoms with Gasteiger partial charge in [0.1, 0.15) is 5.82 Å². The minimum Gasteiger partial charge on any atom is -0.379 e. The minimum atomic E-state index is -3.68. The van der Waals surface area contributed by atoms with Crippen LogP contribution >= 0.6 is 11.6 Å². The average Bonchev–Trinajstić information content (AvgIpc) is 3.11. The first-order valence-electron chi connectivity index (χ1n) is 6.87. The zero-order valence-electron chi connectivity index (χ0n) is 12.0. The summed E-state index contributed by atoms with van der Waals surface area (Å²) < 4.78 is 34.6. The first-order chi connectivity index (χ1) is 10.5. The van der Waals surface area contributed by atoms with E-state index in [1.165, 1.54) is 6.07 Å². The van der Waals surface area contributed by atoms with Crippen LogP contribution in [0.1, 0.15) is 18.0 Å². The minimum absolute atomic E-state index is 0.0552. The summed E-state index contributed by atoms with van der Waals surface area (Å²) in [5, 5.41) is 4.73. The lowest BCUT2D eigenvalue weighted by atomic mass is 10.2. The van der Waals surface area contributed by atoms with Crippen LogP contribution in [-0.2, 0) is 14.8 Å². The van der Waals surface area contributed by atoms with Crippen molar-refractivity contribution < 1.29 is 13.2 Å². The number of hydrogen-bond donors (Lipinski definition) is 1. The van der Waals surface area contributed by atoms with E-state index in [-0.39, 0.29) is 10.9 Å². The molecule has 1 saturated heterocycles. The maximum Gasteiger partial charge on any atom is 0.263 e. The second kappa shape index (κ2) is 5.91. The van der Waals surface area contributed by atoms with Crippen molar-refractivity contribution in [3.05, 3.63) is 41.0 Å². The van der Waals surface area contributed by atoms with Crippen LogP contribution in [0.25, 0.3) is 0 Å². The number of aromatic nitrogens is 2. The molecule has 0 radical (unpaired) electrons. The number of sulfonamides is 1. The summed E-state index contributed by atoms with van der Waals surface area (Å²) >= 11 is 5.94. The van der Waals surface area contributed by atoms with Crippen molar-refractivity contribution in [2.45, 2.75) is 24.3 Å². The van der Waals surface area contributed by atoms with Crippen molar-refractivity contribution in [3.8, 4) is 0 Å². The van der Waals surface area contributed by atoms with Crippen molar-refractivity contribution in [2.75, 3.05) is 17.9 Å². The fraction of sp³-hybridized carbons (Fsp3) is 0.357. The normalized spacial score (nSPS) is 18.5. The Balaban J connectivity index is 1.88. The van der Waals surface area contributed by atoms with Gasteiger partial charge in [-0.15, -0.1) is 0 Å². The van der Waals surface area contributed by atoms with Crippen LogP contribution in [0.2, 0.25) is 5.02 Å². The predicted molar refractivity (Wildman–Crippen MR) is 83.7 cm³/mol. The van der Waals surface area contributed by atoms with Gasteiger partial charge < -0.3 is 4.74 Å². The summed E-state index contributed by atoms with van der Waals surface area (Å²) in [6.07, 6.45) is 2.39. The standard InChI is InChI=1S/C14H16ClN3O3S/c1-10-8-12(2-3-13(10)15)22(19,20)17-14-4-6-16-18(14)11-5-7-21-9-11/h2-4,6,8,11,17H,5,7,9H2,1H3. The number of benzene rings is 1. The van der Waals surface area contributed by atoms with Crippen LogP contribution in [0.3, 0.4) is 0 Å². The summed E-state index contributed by atoms with van der Waals surface area (Å²) in [5.41, 5.74) is 0.710. The summed E-state index contributed by atoms with van der Waals surface area (Å²) in [7, 11) is -3.68. The third kappa shape index (κ3) is 2.97. The third-order valence-corrected chi connectivity index (χ3v) is 5.38. The Morgan fingerprint density at radius 3 is 2.91 bits per heavy atom. The third-order valence-electron chi connectivity index (χ3n) is 3.60. The average molecular weight is 342 g/mol. The maximum atomic E-state index is 12.5. The van der Waals surface area contributed by atoms with Crippen molar-refractivity contribution in [1.82, 2.24) is 9.78 Å². The van der Waals surface area contributed by atoms with Gasteiger partial charge >= 0.3 is 0 Å². The second-order valence-electron chi connectivity index (χ2n) is 5.19. The van der Waals surface area contributed by atoms with Crippen molar-refractivity contribution in [1.29, 1.82) is 0 Å². The molecule has 0 aliphatic carbocycles. The van der Waals surface area contributed by atoms with E-state index in [2.05, 4.69) is 9.82 Å². The lowest BCUT2D eigenvalue weighted by Gasteiger charge is -2.14. The van der Waals surface area contributed by atoms with Gasteiger partial charge in [-0.3, -0.25) is 4.72 Å². The second-order valence-corrected chi connectivity index (χ2v) is 7.28. The highest BCUT2D eigenvalue weighted by molar-refractivity contribution is 7.92. The highest BCUT2D eigenvalue weighted by Crippen LogP contribution is 2.25. The molecule has 3 rings (SSSR count). The SMILES string of the molecule is Cc1cc(S(=O)(=O)Nc2ccnn2C2CCOC2)ccc1Cl. The van der Waals surface area contributed by atoms with E-state index >= 15 is 0 Å². The van der Waals surface area contributed by atoms with E-state index in [0.29, 0.717) is 29.6 Å². The van der Waals surface area contributed by atoms with E-state index in [4.69, 9.17) is 16.3 Å². The van der Waals surface area contributed by atoms with Crippen LogP contribution in [0.15, 0.2) is 35.4 Å². The number of nitrogens with one attached hydrogen (secondary N) is 1. The lowest BCUT2D eigenvalue weighted by Crippen LogP contribution is -2.19. The molecule has 0 saturated carbocycles. The van der Waals surface area contributed by atoms with E-state index in [0.717, 1.165) is 6.42 Å². The zero-order chi connectivity index (χ0) is 15.7. The smallest absolute Gasteiger partial charge is 0.263 e. The molecule has 1 fully saturated rings. The zero-order valence-corrected chi connectivity index (χ0v) is 13.6. The number of rotatable bonds is 4. The summed E-state index contributed by atoms with van der Waals surface area (Å²) in [6, 6.07) is 6.30. The van der Waals surface area contributed by atoms with E-state index < -0.39 is 10.0 Å². The van der Waals surface area contributed by atoms with E-state index in [9.17, 15) is 8.42 Å². The highest BCUT2D eigenvalue weighted by Gasteiger charge is 2.23. The molecule has 1 aliphatic rings. The highest BCUT2D eigenvalue weighted by atomic mass is 35.5. The molecule has 1 unspecified atom stereocenters. The van der Waals surface area contributed by atoms with Crippen molar-refractivity contribution in [2.24, 2.45) is 0 Å². The summed E-state index contributed by atoms with van der Waals surface area (Å²) in [4.78, 5) is 0.171. The summed E-state index contributed by atoms with van der Waals surface area (Å²) in [6.45, 7) is 2.96. The molecule has 6 nitrogen and oxygen atoms in total. The monoisotopic (exact) mass is 341 g/mol. The molecule has 1 N–H and O–H groups in total. The van der Waals surface area contributed by atoms with Crippen LogP contribution < -0.4 is 4.72 Å². The Kier molecular flexibility index (Phi) is 4.12. The lowest BCUT2D eigenvalue weighted by molar-refractivity contribution is 0.185. The molecule has 1 aromatic carbocycles. The van der Waals surface area contributed by atoms with Gasteiger partial charge in [-0.2, -0.15) is 5.10 Å². The fourth-order valence-electron chi connectivity index (χ4n) is 2.38. The van der Waals surface area contributed by atoms with Crippen LogP contribution in [0, 0.1) is 6.92 Å². The molecule has 1 atom stereocenters. The maximum absolute atomic E-state index is 12.5. The fourth-order valence-corrected chi connectivity index (χ4v) is 3.63. The van der Waals surface area contributed by atoms with Gasteiger partial charge in [0.15, 0.2) is 0 Å². The van der Waals surface area contributed by atoms with Crippen molar-refractivity contribution in [3.63, 3.8) is 0 Å². The Hall–Kier alpha value is -1.57. The largest absolute Gasteiger partial charge is 0.379 e. The van der Waals surface area contributed by atoms with Crippen LogP contribution in [0.4, 0.5) is 5.82 Å². The van der Waals surface area contributed by atoms with Gasteiger partial charge in [-0.05, 0) is 37.1 Å². The number of halogens is 1. The first-order valence-corrected chi connectivity index (χ1v) is 8.74. The van der Waals surface area contributed by atoms with Crippen molar-refractivity contribution >= 4 is 27.4 Å². The van der Waals surface area contributed by atoms with Gasteiger partial charge in [0.05, 0.1) is 23.7 Å². The molecule has 2 heterocycles. The van der Waals surface area contributed by atoms with Gasteiger partial charge in [0.25, 0.3) is 10.0 Å². The molecular formula is C14H16ClN3O3S. The quantitative estimate of drug-likeness (QED) is 0.927. The van der Waals surface area contributed by atoms with Gasteiger partial charge in [-0.25, -0.2) is 13.1 Å². The molecule has 1 aliphatic heterocycles.